The molecular weight excluding hydrogens is 304 g/mol. The molecule has 1 fully saturated rings. The minimum absolute atomic E-state index is 0.671. The number of ether oxygens (including phenoxy) is 1. The van der Waals surface area contributed by atoms with Gasteiger partial charge in [-0.1, -0.05) is 6.07 Å². The summed E-state index contributed by atoms with van der Waals surface area (Å²) in [6, 6.07) is 9.86. The second-order valence-electron chi connectivity index (χ2n) is 5.85. The minimum Gasteiger partial charge on any atom is -0.481 e. The molecule has 0 aromatic carbocycles. The van der Waals surface area contributed by atoms with Gasteiger partial charge in [0, 0.05) is 51.1 Å². The second kappa shape index (κ2) is 6.45. The maximum atomic E-state index is 5.19. The van der Waals surface area contributed by atoms with E-state index in [9.17, 15) is 0 Å². The number of anilines is 1. The van der Waals surface area contributed by atoms with Crippen molar-refractivity contribution in [1.29, 1.82) is 0 Å². The molecule has 1 aliphatic heterocycles. The molecule has 24 heavy (non-hydrogen) atoms. The molecule has 4 heterocycles. The summed E-state index contributed by atoms with van der Waals surface area (Å²) in [4.78, 5) is 13.9. The first-order valence-electron chi connectivity index (χ1n) is 8.09. The number of hydrogen-bond donors (Lipinski definition) is 0. The number of hydrogen-bond acceptors (Lipinski definition) is 6. The van der Waals surface area contributed by atoms with Gasteiger partial charge >= 0.3 is 0 Å². The molecule has 0 N–H and O–H groups in total. The highest BCUT2D eigenvalue weighted by molar-refractivity contribution is 5.47. The molecule has 0 bridgehead atoms. The Morgan fingerprint density at radius 1 is 1.04 bits per heavy atom. The Labute approximate surface area is 140 Å². The molecule has 0 amide bonds. The fourth-order valence-electron chi connectivity index (χ4n) is 3.00. The van der Waals surface area contributed by atoms with E-state index in [1.54, 1.807) is 17.8 Å². The molecule has 0 spiro atoms. The average molecular weight is 324 g/mol. The second-order valence-corrected chi connectivity index (χ2v) is 5.85. The lowest BCUT2D eigenvalue weighted by Gasteiger charge is -2.35. The van der Waals surface area contributed by atoms with Crippen molar-refractivity contribution in [2.24, 2.45) is 0 Å². The van der Waals surface area contributed by atoms with Crippen molar-refractivity contribution in [3.05, 3.63) is 48.4 Å². The third-order valence-corrected chi connectivity index (χ3v) is 4.32. The molecule has 124 valence electrons. The van der Waals surface area contributed by atoms with E-state index >= 15 is 0 Å². The van der Waals surface area contributed by atoms with Crippen LogP contribution in [-0.4, -0.2) is 57.8 Å². The van der Waals surface area contributed by atoms with E-state index in [-0.39, 0.29) is 0 Å². The van der Waals surface area contributed by atoms with Crippen LogP contribution in [0.5, 0.6) is 5.88 Å². The first-order chi connectivity index (χ1) is 11.8. The van der Waals surface area contributed by atoms with E-state index in [1.165, 1.54) is 0 Å². The topological polar surface area (TPSA) is 58.8 Å². The third-order valence-electron chi connectivity index (χ3n) is 4.32. The van der Waals surface area contributed by atoms with Crippen LogP contribution in [0.15, 0.2) is 42.7 Å². The predicted octanol–water partition coefficient (Wildman–Crippen LogP) is 1.46. The average Bonchev–Trinajstić information content (AvgIpc) is 3.10. The normalized spacial score (nSPS) is 15.8. The molecule has 7 nitrogen and oxygen atoms in total. The summed E-state index contributed by atoms with van der Waals surface area (Å²) >= 11 is 0. The Bertz CT molecular complexity index is 825. The Kier molecular flexibility index (Phi) is 4.00. The Hall–Kier alpha value is -2.67. The molecule has 7 heteroatoms. The van der Waals surface area contributed by atoms with Gasteiger partial charge in [-0.3, -0.25) is 4.90 Å². The van der Waals surface area contributed by atoms with Gasteiger partial charge in [0.15, 0.2) is 5.65 Å². The van der Waals surface area contributed by atoms with Gasteiger partial charge in [0.1, 0.15) is 5.82 Å². The zero-order chi connectivity index (χ0) is 16.4. The highest BCUT2D eigenvalue weighted by atomic mass is 16.5. The maximum absolute atomic E-state index is 5.19. The van der Waals surface area contributed by atoms with Crippen LogP contribution in [0.3, 0.4) is 0 Å². The molecular formula is C17H20N6O. The molecule has 1 aliphatic rings. The van der Waals surface area contributed by atoms with E-state index < -0.39 is 0 Å². The Morgan fingerprint density at radius 2 is 1.92 bits per heavy atom. The standard InChI is InChI=1S/C17H20N6O/c1-24-17-4-2-3-14(19-17)13-21-9-11-22(12-10-21)15-6-8-23-16(20-15)5-7-18-23/h2-8H,9-13H2,1H3. The summed E-state index contributed by atoms with van der Waals surface area (Å²) < 4.78 is 6.98. The van der Waals surface area contributed by atoms with Gasteiger partial charge in [0.25, 0.3) is 0 Å². The smallest absolute Gasteiger partial charge is 0.213 e. The van der Waals surface area contributed by atoms with Crippen molar-refractivity contribution < 1.29 is 4.74 Å². The van der Waals surface area contributed by atoms with Crippen LogP contribution in [0.1, 0.15) is 5.69 Å². The fourth-order valence-corrected chi connectivity index (χ4v) is 3.00. The predicted molar refractivity (Wildman–Crippen MR) is 91.3 cm³/mol. The van der Waals surface area contributed by atoms with Gasteiger partial charge in [-0.15, -0.1) is 0 Å². The molecule has 3 aromatic rings. The van der Waals surface area contributed by atoms with Gasteiger partial charge in [-0.2, -0.15) is 5.10 Å². The number of nitrogens with zero attached hydrogens (tertiary/aromatic N) is 6. The minimum atomic E-state index is 0.671. The van der Waals surface area contributed by atoms with Crippen molar-refractivity contribution in [2.75, 3.05) is 38.2 Å². The van der Waals surface area contributed by atoms with Crippen LogP contribution in [0.2, 0.25) is 0 Å². The quantitative estimate of drug-likeness (QED) is 0.724. The molecule has 0 aliphatic carbocycles. The highest BCUT2D eigenvalue weighted by Crippen LogP contribution is 2.16. The summed E-state index contributed by atoms with van der Waals surface area (Å²) in [6.07, 6.45) is 3.73. The maximum Gasteiger partial charge on any atom is 0.213 e. The zero-order valence-electron chi connectivity index (χ0n) is 13.7. The largest absolute Gasteiger partial charge is 0.481 e. The number of piperazine rings is 1. The van der Waals surface area contributed by atoms with Crippen LogP contribution in [0, 0.1) is 0 Å². The summed E-state index contributed by atoms with van der Waals surface area (Å²) in [6.45, 7) is 4.75. The van der Waals surface area contributed by atoms with Crippen molar-refractivity contribution in [3.8, 4) is 5.88 Å². The number of rotatable bonds is 4. The lowest BCUT2D eigenvalue weighted by atomic mass is 10.2. The van der Waals surface area contributed by atoms with E-state index in [4.69, 9.17) is 4.74 Å². The SMILES string of the molecule is COc1cccc(CN2CCN(c3ccn4nccc4n3)CC2)n1. The van der Waals surface area contributed by atoms with Crippen LogP contribution in [-0.2, 0) is 6.54 Å². The van der Waals surface area contributed by atoms with E-state index in [0.717, 1.165) is 49.9 Å². The summed E-state index contributed by atoms with van der Waals surface area (Å²) in [5, 5.41) is 4.19. The lowest BCUT2D eigenvalue weighted by Crippen LogP contribution is -2.46. The molecule has 0 saturated carbocycles. The number of methoxy groups -OCH3 is 1. The summed E-state index contributed by atoms with van der Waals surface area (Å²) in [5.74, 6) is 1.69. The molecule has 0 atom stereocenters. The molecule has 0 radical (unpaired) electrons. The number of aromatic nitrogens is 4. The highest BCUT2D eigenvalue weighted by Gasteiger charge is 2.19. The number of fused-ring (bicyclic) bond motifs is 1. The van der Waals surface area contributed by atoms with E-state index in [1.807, 2.05) is 36.5 Å². The lowest BCUT2D eigenvalue weighted by molar-refractivity contribution is 0.245. The van der Waals surface area contributed by atoms with Crippen LogP contribution in [0.25, 0.3) is 5.65 Å². The van der Waals surface area contributed by atoms with E-state index in [2.05, 4.69) is 24.9 Å². The van der Waals surface area contributed by atoms with Gasteiger partial charge < -0.3 is 9.64 Å². The van der Waals surface area contributed by atoms with Crippen molar-refractivity contribution >= 4 is 11.5 Å². The summed E-state index contributed by atoms with van der Waals surface area (Å²) in [7, 11) is 1.65. The van der Waals surface area contributed by atoms with Crippen LogP contribution >= 0.6 is 0 Å². The van der Waals surface area contributed by atoms with Crippen molar-refractivity contribution in [2.45, 2.75) is 6.54 Å². The fraction of sp³-hybridized carbons (Fsp3) is 0.353. The molecule has 4 rings (SSSR count). The molecule has 0 unspecified atom stereocenters. The van der Waals surface area contributed by atoms with Gasteiger partial charge in [0.05, 0.1) is 19.0 Å². The monoisotopic (exact) mass is 324 g/mol. The van der Waals surface area contributed by atoms with Gasteiger partial charge in [-0.05, 0) is 12.1 Å². The summed E-state index contributed by atoms with van der Waals surface area (Å²) in [5.41, 5.74) is 1.93. The third kappa shape index (κ3) is 3.03. The van der Waals surface area contributed by atoms with Crippen molar-refractivity contribution in [1.82, 2.24) is 24.5 Å². The Balaban J connectivity index is 1.39. The van der Waals surface area contributed by atoms with Crippen molar-refractivity contribution in [3.63, 3.8) is 0 Å². The zero-order valence-corrected chi connectivity index (χ0v) is 13.7. The van der Waals surface area contributed by atoms with Crippen LogP contribution in [0.4, 0.5) is 5.82 Å². The first kappa shape index (κ1) is 14.9. The van der Waals surface area contributed by atoms with Crippen LogP contribution < -0.4 is 9.64 Å². The molecule has 3 aromatic heterocycles. The van der Waals surface area contributed by atoms with E-state index in [0.29, 0.717) is 5.88 Å². The Morgan fingerprint density at radius 3 is 2.75 bits per heavy atom. The van der Waals surface area contributed by atoms with Gasteiger partial charge in [0.2, 0.25) is 5.88 Å². The van der Waals surface area contributed by atoms with Gasteiger partial charge in [-0.25, -0.2) is 14.5 Å². The first-order valence-corrected chi connectivity index (χ1v) is 8.09. The number of pyridine rings is 1. The molecule has 1 saturated heterocycles.